The lowest BCUT2D eigenvalue weighted by Crippen LogP contribution is -2.52. The molecule has 6 nitrogen and oxygen atoms in total. The number of urea groups is 1. The van der Waals surface area contributed by atoms with Gasteiger partial charge in [-0.2, -0.15) is 0 Å². The summed E-state index contributed by atoms with van der Waals surface area (Å²) in [5.41, 5.74) is 0.823. The zero-order valence-electron chi connectivity index (χ0n) is 12.6. The fraction of sp³-hybridized carbons (Fsp3) is 0.500. The van der Waals surface area contributed by atoms with Gasteiger partial charge in [0.05, 0.1) is 18.7 Å². The molecule has 22 heavy (non-hydrogen) atoms. The Morgan fingerprint density at radius 2 is 2.27 bits per heavy atom. The quantitative estimate of drug-likeness (QED) is 0.679. The third kappa shape index (κ3) is 2.54. The van der Waals surface area contributed by atoms with Crippen LogP contribution in [0.25, 0.3) is 0 Å². The van der Waals surface area contributed by atoms with E-state index in [9.17, 15) is 9.59 Å². The number of nitrogens with zero attached hydrogens (tertiary/aromatic N) is 1. The fourth-order valence-corrected chi connectivity index (χ4v) is 3.22. The number of rotatable bonds is 3. The van der Waals surface area contributed by atoms with Gasteiger partial charge in [-0.3, -0.25) is 0 Å². The van der Waals surface area contributed by atoms with Gasteiger partial charge in [-0.05, 0) is 18.9 Å². The lowest BCUT2D eigenvalue weighted by Gasteiger charge is -2.39. The van der Waals surface area contributed by atoms with Crippen LogP contribution in [-0.2, 0) is 15.1 Å². The molecule has 1 aromatic carbocycles. The number of likely N-dealkylation sites (tertiary alicyclic amines) is 1. The summed E-state index contributed by atoms with van der Waals surface area (Å²) in [6, 6.07) is 7.30. The number of amides is 2. The monoisotopic (exact) mass is 304 g/mol. The van der Waals surface area contributed by atoms with Crippen molar-refractivity contribution in [3.63, 3.8) is 0 Å². The summed E-state index contributed by atoms with van der Waals surface area (Å²) in [5.74, 6) is -0.294. The van der Waals surface area contributed by atoms with Crippen LogP contribution in [0, 0.1) is 0 Å². The standard InChI is InChI=1S/C16H20N2O4/c1-21-10-8-17-15(20)18-9-4-7-16(11-18)13-6-3-2-5-12(13)14(19)22-16/h2-3,5-6H,4,7-11H2,1H3,(H,17,20). The maximum Gasteiger partial charge on any atom is 0.339 e. The number of hydrogen-bond donors (Lipinski definition) is 1. The molecule has 2 aliphatic rings. The van der Waals surface area contributed by atoms with Crippen LogP contribution in [-0.4, -0.2) is 50.3 Å². The van der Waals surface area contributed by atoms with E-state index in [1.54, 1.807) is 18.1 Å². The maximum absolute atomic E-state index is 12.2. The van der Waals surface area contributed by atoms with Crippen molar-refractivity contribution >= 4 is 12.0 Å². The third-order valence-corrected chi connectivity index (χ3v) is 4.25. The molecular weight excluding hydrogens is 284 g/mol. The first-order chi connectivity index (χ1) is 10.7. The molecule has 2 amide bonds. The van der Waals surface area contributed by atoms with Crippen molar-refractivity contribution in [2.75, 3.05) is 33.4 Å². The Hall–Kier alpha value is -2.08. The Morgan fingerprint density at radius 3 is 3.09 bits per heavy atom. The number of piperidine rings is 1. The van der Waals surface area contributed by atoms with E-state index in [-0.39, 0.29) is 12.0 Å². The highest BCUT2D eigenvalue weighted by Gasteiger charge is 2.48. The molecule has 0 aromatic heterocycles. The van der Waals surface area contributed by atoms with Gasteiger partial charge in [-0.15, -0.1) is 0 Å². The zero-order chi connectivity index (χ0) is 15.6. The van der Waals surface area contributed by atoms with E-state index in [2.05, 4.69) is 5.32 Å². The van der Waals surface area contributed by atoms with Gasteiger partial charge in [0.25, 0.3) is 0 Å². The molecule has 0 aliphatic carbocycles. The van der Waals surface area contributed by atoms with E-state index in [1.807, 2.05) is 18.2 Å². The summed E-state index contributed by atoms with van der Waals surface area (Å²) in [6.45, 7) is 2.01. The number of carbonyl (C=O) groups is 2. The molecule has 1 unspecified atom stereocenters. The van der Waals surface area contributed by atoms with Gasteiger partial charge in [0.15, 0.2) is 5.60 Å². The van der Waals surface area contributed by atoms with Gasteiger partial charge in [0, 0.05) is 25.8 Å². The number of nitrogens with one attached hydrogen (secondary N) is 1. The number of carbonyl (C=O) groups excluding carboxylic acids is 2. The van der Waals surface area contributed by atoms with E-state index >= 15 is 0 Å². The van der Waals surface area contributed by atoms with E-state index in [1.165, 1.54) is 0 Å². The molecule has 6 heteroatoms. The minimum absolute atomic E-state index is 0.142. The number of hydrogen-bond acceptors (Lipinski definition) is 4. The molecule has 0 radical (unpaired) electrons. The molecule has 1 fully saturated rings. The minimum Gasteiger partial charge on any atom is -0.449 e. The summed E-state index contributed by atoms with van der Waals surface area (Å²) in [4.78, 5) is 26.0. The van der Waals surface area contributed by atoms with Crippen molar-refractivity contribution in [2.24, 2.45) is 0 Å². The van der Waals surface area contributed by atoms with Gasteiger partial charge in [0.2, 0.25) is 0 Å². The van der Waals surface area contributed by atoms with Crippen LogP contribution < -0.4 is 5.32 Å². The lowest BCUT2D eigenvalue weighted by atomic mass is 9.85. The second kappa shape index (κ2) is 5.96. The molecule has 1 atom stereocenters. The SMILES string of the molecule is COCCNC(=O)N1CCCC2(C1)OC(=O)c1ccccc12. The van der Waals surface area contributed by atoms with Crippen molar-refractivity contribution in [3.8, 4) is 0 Å². The Kier molecular flexibility index (Phi) is 4.02. The maximum atomic E-state index is 12.2. The largest absolute Gasteiger partial charge is 0.449 e. The molecule has 0 saturated carbocycles. The van der Waals surface area contributed by atoms with Gasteiger partial charge in [0.1, 0.15) is 0 Å². The second-order valence-electron chi connectivity index (χ2n) is 5.68. The molecule has 1 aromatic rings. The van der Waals surface area contributed by atoms with Crippen molar-refractivity contribution in [1.82, 2.24) is 10.2 Å². The Bertz CT molecular complexity index is 589. The molecule has 0 bridgehead atoms. The Balaban J connectivity index is 1.76. The van der Waals surface area contributed by atoms with Gasteiger partial charge in [-0.1, -0.05) is 18.2 Å². The van der Waals surface area contributed by atoms with Crippen molar-refractivity contribution < 1.29 is 19.1 Å². The third-order valence-electron chi connectivity index (χ3n) is 4.25. The minimum atomic E-state index is -0.690. The first kappa shape index (κ1) is 14.8. The van der Waals surface area contributed by atoms with Crippen LogP contribution in [0.2, 0.25) is 0 Å². The molecule has 1 N–H and O–H groups in total. The summed E-state index contributed by atoms with van der Waals surface area (Å²) in [6.07, 6.45) is 1.55. The van der Waals surface area contributed by atoms with Crippen molar-refractivity contribution in [1.29, 1.82) is 0 Å². The topological polar surface area (TPSA) is 67.9 Å². The number of methoxy groups -OCH3 is 1. The second-order valence-corrected chi connectivity index (χ2v) is 5.68. The van der Waals surface area contributed by atoms with Gasteiger partial charge >= 0.3 is 12.0 Å². The van der Waals surface area contributed by atoms with Crippen LogP contribution in [0.4, 0.5) is 4.79 Å². The number of ether oxygens (including phenoxy) is 2. The number of esters is 1. The molecule has 2 heterocycles. The first-order valence-corrected chi connectivity index (χ1v) is 7.51. The molecular formula is C16H20N2O4. The van der Waals surface area contributed by atoms with Crippen LogP contribution >= 0.6 is 0 Å². The average molecular weight is 304 g/mol. The highest BCUT2D eigenvalue weighted by atomic mass is 16.6. The molecule has 2 aliphatic heterocycles. The van der Waals surface area contributed by atoms with Crippen LogP contribution in [0.1, 0.15) is 28.8 Å². The summed E-state index contributed by atoms with van der Waals surface area (Å²) >= 11 is 0. The fourth-order valence-electron chi connectivity index (χ4n) is 3.22. The van der Waals surface area contributed by atoms with Crippen LogP contribution in [0.3, 0.4) is 0 Å². The summed E-state index contributed by atoms with van der Waals surface area (Å²) in [5, 5.41) is 2.82. The summed E-state index contributed by atoms with van der Waals surface area (Å²) in [7, 11) is 1.59. The molecule has 1 saturated heterocycles. The van der Waals surface area contributed by atoms with E-state index in [0.717, 1.165) is 18.4 Å². The molecule has 1 spiro atoms. The zero-order valence-corrected chi connectivity index (χ0v) is 12.6. The average Bonchev–Trinajstić information content (AvgIpc) is 2.80. The molecule has 118 valence electrons. The predicted molar refractivity (Wildman–Crippen MR) is 79.6 cm³/mol. The van der Waals surface area contributed by atoms with Crippen LogP contribution in [0.5, 0.6) is 0 Å². The molecule has 3 rings (SSSR count). The van der Waals surface area contributed by atoms with Gasteiger partial charge in [-0.25, -0.2) is 9.59 Å². The van der Waals surface area contributed by atoms with Crippen molar-refractivity contribution in [3.05, 3.63) is 35.4 Å². The van der Waals surface area contributed by atoms with E-state index in [0.29, 0.717) is 31.8 Å². The summed E-state index contributed by atoms with van der Waals surface area (Å²) < 4.78 is 10.6. The van der Waals surface area contributed by atoms with Gasteiger partial charge < -0.3 is 19.7 Å². The van der Waals surface area contributed by atoms with Crippen LogP contribution in [0.15, 0.2) is 24.3 Å². The lowest BCUT2D eigenvalue weighted by molar-refractivity contribution is -0.0410. The number of fused-ring (bicyclic) bond motifs is 2. The van der Waals surface area contributed by atoms with Crippen molar-refractivity contribution in [2.45, 2.75) is 18.4 Å². The predicted octanol–water partition coefficient (Wildman–Crippen LogP) is 1.50. The first-order valence-electron chi connectivity index (χ1n) is 7.51. The Morgan fingerprint density at radius 1 is 1.45 bits per heavy atom. The highest BCUT2D eigenvalue weighted by molar-refractivity contribution is 5.95. The number of benzene rings is 1. The van der Waals surface area contributed by atoms with E-state index in [4.69, 9.17) is 9.47 Å². The van der Waals surface area contributed by atoms with E-state index < -0.39 is 5.60 Å². The highest BCUT2D eigenvalue weighted by Crippen LogP contribution is 2.42. The smallest absolute Gasteiger partial charge is 0.339 e. The Labute approximate surface area is 129 Å². The normalized spacial score (nSPS) is 23.3.